The molecule has 0 saturated heterocycles. The van der Waals surface area contributed by atoms with E-state index in [1.807, 2.05) is 20.8 Å². The minimum absolute atomic E-state index is 0.275. The third kappa shape index (κ3) is 5.27. The standard InChI is InChI=1S/C18H21N3O7S/c1-18(2,3)28-12-13-5-7-14(8-6-13)19(4)29(26,27)17-10-9-15(20(22)23)11-16(17)21(24)25/h5-11H,12H2,1-4H3. The Morgan fingerprint density at radius 2 is 1.59 bits per heavy atom. The second kappa shape index (κ2) is 8.13. The van der Waals surface area contributed by atoms with E-state index in [-0.39, 0.29) is 11.3 Å². The van der Waals surface area contributed by atoms with E-state index in [0.29, 0.717) is 12.7 Å². The van der Waals surface area contributed by atoms with Gasteiger partial charge in [0.1, 0.15) is 0 Å². The Hall–Kier alpha value is -3.05. The summed E-state index contributed by atoms with van der Waals surface area (Å²) in [6, 6.07) is 8.91. The van der Waals surface area contributed by atoms with Crippen LogP contribution in [0.15, 0.2) is 47.4 Å². The normalized spacial score (nSPS) is 11.9. The van der Waals surface area contributed by atoms with Gasteiger partial charge < -0.3 is 4.74 Å². The molecule has 11 heteroatoms. The van der Waals surface area contributed by atoms with Crippen LogP contribution in [0.3, 0.4) is 0 Å². The zero-order valence-electron chi connectivity index (χ0n) is 16.4. The van der Waals surface area contributed by atoms with Crippen LogP contribution in [0.25, 0.3) is 0 Å². The van der Waals surface area contributed by atoms with Crippen LogP contribution >= 0.6 is 0 Å². The molecule has 0 aromatic heterocycles. The first-order chi connectivity index (χ1) is 13.3. The van der Waals surface area contributed by atoms with Crippen molar-refractivity contribution in [3.8, 4) is 0 Å². The monoisotopic (exact) mass is 423 g/mol. The highest BCUT2D eigenvalue weighted by Crippen LogP contribution is 2.32. The largest absolute Gasteiger partial charge is 0.371 e. The molecule has 2 rings (SSSR count). The first kappa shape index (κ1) is 22.2. The van der Waals surface area contributed by atoms with E-state index in [2.05, 4.69) is 0 Å². The highest BCUT2D eigenvalue weighted by Gasteiger charge is 2.32. The Morgan fingerprint density at radius 3 is 2.07 bits per heavy atom. The smallest absolute Gasteiger partial charge is 0.296 e. The lowest BCUT2D eigenvalue weighted by atomic mass is 10.1. The molecule has 0 heterocycles. The third-order valence-electron chi connectivity index (χ3n) is 3.96. The van der Waals surface area contributed by atoms with Gasteiger partial charge in [0, 0.05) is 13.1 Å². The number of nitro benzene ring substituents is 2. The van der Waals surface area contributed by atoms with Gasteiger partial charge in [0.25, 0.3) is 21.4 Å². The predicted octanol–water partition coefficient (Wildman–Crippen LogP) is 3.64. The number of non-ortho nitro benzene ring substituents is 1. The molecule has 0 radical (unpaired) electrons. The summed E-state index contributed by atoms with van der Waals surface area (Å²) in [4.78, 5) is 19.7. The molecule has 0 bridgehead atoms. The number of anilines is 1. The number of rotatable bonds is 7. The summed E-state index contributed by atoms with van der Waals surface area (Å²) in [6.07, 6.45) is 0. The first-order valence-corrected chi connectivity index (χ1v) is 9.91. The fraction of sp³-hybridized carbons (Fsp3) is 0.333. The van der Waals surface area contributed by atoms with Crippen LogP contribution in [0.2, 0.25) is 0 Å². The molecule has 0 unspecified atom stereocenters. The van der Waals surface area contributed by atoms with Crippen molar-refractivity contribution in [2.45, 2.75) is 37.9 Å². The quantitative estimate of drug-likeness (QED) is 0.490. The zero-order chi connectivity index (χ0) is 22.0. The maximum Gasteiger partial charge on any atom is 0.296 e. The van der Waals surface area contributed by atoms with Gasteiger partial charge in [-0.15, -0.1) is 0 Å². The Morgan fingerprint density at radius 1 is 1.00 bits per heavy atom. The van der Waals surface area contributed by atoms with Crippen molar-refractivity contribution < 1.29 is 23.0 Å². The van der Waals surface area contributed by atoms with Gasteiger partial charge in [-0.3, -0.25) is 24.5 Å². The molecule has 29 heavy (non-hydrogen) atoms. The number of ether oxygens (including phenoxy) is 1. The lowest BCUT2D eigenvalue weighted by Crippen LogP contribution is -2.27. The number of sulfonamides is 1. The van der Waals surface area contributed by atoms with Crippen molar-refractivity contribution in [3.05, 3.63) is 68.3 Å². The summed E-state index contributed by atoms with van der Waals surface area (Å²) in [5, 5.41) is 22.1. The summed E-state index contributed by atoms with van der Waals surface area (Å²) in [7, 11) is -3.07. The molecule has 2 aromatic carbocycles. The van der Waals surface area contributed by atoms with Gasteiger partial charge in [-0.05, 0) is 44.5 Å². The van der Waals surface area contributed by atoms with Crippen molar-refractivity contribution >= 4 is 27.1 Å². The Balaban J connectivity index is 2.36. The van der Waals surface area contributed by atoms with E-state index in [9.17, 15) is 28.6 Å². The van der Waals surface area contributed by atoms with Gasteiger partial charge >= 0.3 is 0 Å². The van der Waals surface area contributed by atoms with E-state index in [1.54, 1.807) is 24.3 Å². The molecule has 2 aromatic rings. The Kier molecular flexibility index (Phi) is 6.24. The van der Waals surface area contributed by atoms with Gasteiger partial charge in [0.2, 0.25) is 0 Å². The van der Waals surface area contributed by atoms with Gasteiger partial charge in [0.15, 0.2) is 4.90 Å². The number of nitro groups is 2. The summed E-state index contributed by atoms with van der Waals surface area (Å²) in [6.45, 7) is 6.09. The molecule has 0 spiro atoms. The van der Waals surface area contributed by atoms with Crippen LogP contribution < -0.4 is 4.31 Å². The number of hydrogen-bond donors (Lipinski definition) is 0. The summed E-state index contributed by atoms with van der Waals surface area (Å²) < 4.78 is 32.4. The number of hydrogen-bond acceptors (Lipinski definition) is 7. The second-order valence-corrected chi connectivity index (χ2v) is 9.14. The van der Waals surface area contributed by atoms with E-state index in [0.717, 1.165) is 22.0 Å². The summed E-state index contributed by atoms with van der Waals surface area (Å²) in [5.41, 5.74) is -0.649. The summed E-state index contributed by atoms with van der Waals surface area (Å²) >= 11 is 0. The molecular formula is C18H21N3O7S. The van der Waals surface area contributed by atoms with Crippen LogP contribution in [0, 0.1) is 20.2 Å². The molecule has 0 aliphatic carbocycles. The van der Waals surface area contributed by atoms with Crippen LogP contribution in [0.1, 0.15) is 26.3 Å². The minimum Gasteiger partial charge on any atom is -0.371 e. The van der Waals surface area contributed by atoms with E-state index < -0.39 is 36.1 Å². The molecule has 0 N–H and O–H groups in total. The van der Waals surface area contributed by atoms with Gasteiger partial charge in [-0.1, -0.05) is 12.1 Å². The van der Waals surface area contributed by atoms with E-state index in [1.165, 1.54) is 7.05 Å². The van der Waals surface area contributed by atoms with E-state index in [4.69, 9.17) is 4.74 Å². The molecule has 0 aliphatic rings. The Labute approximate surface area is 168 Å². The molecule has 0 fully saturated rings. The van der Waals surface area contributed by atoms with Crippen LogP contribution in [0.4, 0.5) is 17.1 Å². The molecule has 10 nitrogen and oxygen atoms in total. The maximum absolute atomic E-state index is 12.9. The third-order valence-corrected chi connectivity index (χ3v) is 5.79. The number of benzene rings is 2. The molecule has 0 amide bonds. The fourth-order valence-corrected chi connectivity index (χ4v) is 3.70. The van der Waals surface area contributed by atoms with Gasteiger partial charge in [0.05, 0.1) is 33.8 Å². The first-order valence-electron chi connectivity index (χ1n) is 8.47. The second-order valence-electron chi connectivity index (χ2n) is 7.21. The molecule has 156 valence electrons. The van der Waals surface area contributed by atoms with Crippen molar-refractivity contribution in [3.63, 3.8) is 0 Å². The highest BCUT2D eigenvalue weighted by atomic mass is 32.2. The van der Waals surface area contributed by atoms with Gasteiger partial charge in [-0.25, -0.2) is 8.42 Å². The molecule has 0 aliphatic heterocycles. The topological polar surface area (TPSA) is 133 Å². The summed E-state index contributed by atoms with van der Waals surface area (Å²) in [5.74, 6) is 0. The van der Waals surface area contributed by atoms with Crippen molar-refractivity contribution in [1.29, 1.82) is 0 Å². The van der Waals surface area contributed by atoms with Crippen molar-refractivity contribution in [2.24, 2.45) is 0 Å². The average Bonchev–Trinajstić information content (AvgIpc) is 2.65. The van der Waals surface area contributed by atoms with Crippen LogP contribution in [-0.4, -0.2) is 30.9 Å². The average molecular weight is 423 g/mol. The van der Waals surface area contributed by atoms with Crippen LogP contribution in [-0.2, 0) is 21.4 Å². The molecule has 0 saturated carbocycles. The lowest BCUT2D eigenvalue weighted by Gasteiger charge is -2.21. The number of nitrogens with zero attached hydrogens (tertiary/aromatic N) is 3. The molecular weight excluding hydrogens is 402 g/mol. The molecule has 0 atom stereocenters. The fourth-order valence-electron chi connectivity index (χ4n) is 2.37. The lowest BCUT2D eigenvalue weighted by molar-refractivity contribution is -0.396. The zero-order valence-corrected chi connectivity index (χ0v) is 17.2. The van der Waals surface area contributed by atoms with Crippen LogP contribution in [0.5, 0.6) is 0 Å². The van der Waals surface area contributed by atoms with Gasteiger partial charge in [-0.2, -0.15) is 0 Å². The predicted molar refractivity (Wildman–Crippen MR) is 106 cm³/mol. The van der Waals surface area contributed by atoms with Crippen molar-refractivity contribution in [1.82, 2.24) is 0 Å². The SMILES string of the molecule is CN(c1ccc(COC(C)(C)C)cc1)S(=O)(=O)c1ccc([N+](=O)[O-])cc1[N+](=O)[O-]. The minimum atomic E-state index is -4.32. The maximum atomic E-state index is 12.9. The van der Waals surface area contributed by atoms with Crippen molar-refractivity contribution in [2.75, 3.05) is 11.4 Å². The highest BCUT2D eigenvalue weighted by molar-refractivity contribution is 7.93. The van der Waals surface area contributed by atoms with E-state index >= 15 is 0 Å². The Bertz CT molecular complexity index is 1030.